The van der Waals surface area contributed by atoms with Crippen molar-refractivity contribution in [3.8, 4) is 0 Å². The van der Waals surface area contributed by atoms with E-state index in [1.807, 2.05) is 32.0 Å². The number of thioether (sulfide) groups is 1. The zero-order valence-corrected chi connectivity index (χ0v) is 17.3. The highest BCUT2D eigenvalue weighted by Crippen LogP contribution is 2.33. The lowest BCUT2D eigenvalue weighted by atomic mass is 10.0. The number of rotatable bonds is 6. The largest absolute Gasteiger partial charge is 0.417 e. The third kappa shape index (κ3) is 4.67. The smallest absolute Gasteiger partial charge is 0.325 e. The Morgan fingerprint density at radius 2 is 1.86 bits per heavy atom. The topological polar surface area (TPSA) is 59.3 Å². The molecule has 0 fully saturated rings. The van der Waals surface area contributed by atoms with Crippen LogP contribution in [0.1, 0.15) is 30.5 Å². The molecule has 3 rings (SSSR count). The van der Waals surface area contributed by atoms with E-state index in [9.17, 15) is 18.0 Å². The molecule has 0 saturated carbocycles. The second-order valence-electron chi connectivity index (χ2n) is 6.25. The van der Waals surface area contributed by atoms with Gasteiger partial charge in [-0.2, -0.15) is 13.2 Å². The first-order valence-corrected chi connectivity index (χ1v) is 10.3. The maximum Gasteiger partial charge on any atom is 0.417 e. The summed E-state index contributed by atoms with van der Waals surface area (Å²) in [5.41, 5.74) is 2.03. The lowest BCUT2D eigenvalue weighted by Gasteiger charge is -2.14. The van der Waals surface area contributed by atoms with E-state index in [1.165, 1.54) is 0 Å². The van der Waals surface area contributed by atoms with Gasteiger partial charge >= 0.3 is 6.18 Å². The van der Waals surface area contributed by atoms with Crippen molar-refractivity contribution < 1.29 is 18.0 Å². The minimum Gasteiger partial charge on any atom is -0.325 e. The Kier molecular flexibility index (Phi) is 6.38. The summed E-state index contributed by atoms with van der Waals surface area (Å²) in [6.45, 7) is 4.01. The highest BCUT2D eigenvalue weighted by molar-refractivity contribution is 7.99. The molecule has 1 aromatic carbocycles. The van der Waals surface area contributed by atoms with E-state index in [-0.39, 0.29) is 27.5 Å². The van der Waals surface area contributed by atoms with E-state index >= 15 is 0 Å². The quantitative estimate of drug-likeness (QED) is 0.529. The fourth-order valence-corrected chi connectivity index (χ4v) is 3.85. The van der Waals surface area contributed by atoms with Crippen molar-refractivity contribution in [1.29, 1.82) is 0 Å². The second kappa shape index (κ2) is 8.62. The summed E-state index contributed by atoms with van der Waals surface area (Å²) in [4.78, 5) is 12.5. The number of halogens is 4. The zero-order valence-electron chi connectivity index (χ0n) is 15.7. The molecule has 0 unspecified atom stereocenters. The molecule has 0 spiro atoms. The van der Waals surface area contributed by atoms with Gasteiger partial charge in [0.1, 0.15) is 0 Å². The first-order chi connectivity index (χ1) is 13.7. The minimum atomic E-state index is -4.55. The molecule has 0 atom stereocenters. The number of anilines is 1. The Hall–Kier alpha value is -2.26. The van der Waals surface area contributed by atoms with E-state index in [2.05, 4.69) is 15.5 Å². The summed E-state index contributed by atoms with van der Waals surface area (Å²) in [5.74, 6) is -0.309. The normalized spacial score (nSPS) is 11.8. The van der Waals surface area contributed by atoms with Gasteiger partial charge in [-0.25, -0.2) is 0 Å². The van der Waals surface area contributed by atoms with Gasteiger partial charge < -0.3 is 5.32 Å². The maximum absolute atomic E-state index is 13.0. The van der Waals surface area contributed by atoms with Crippen LogP contribution >= 0.6 is 23.4 Å². The number of hydrogen-bond acceptors (Lipinski definition) is 4. The number of aryl methyl sites for hydroxylation is 2. The van der Waals surface area contributed by atoms with Crippen molar-refractivity contribution >= 4 is 40.6 Å². The van der Waals surface area contributed by atoms with Crippen LogP contribution in [0.3, 0.4) is 0 Å². The number of carbonyl (C=O) groups is 1. The number of alkyl halides is 3. The van der Waals surface area contributed by atoms with Crippen LogP contribution in [0.4, 0.5) is 18.9 Å². The SMILES string of the molecule is CCc1cccc(CC)c1NC(=O)CSc1nnc2c(Cl)cc(C(F)(F)F)cn12. The predicted molar refractivity (Wildman–Crippen MR) is 108 cm³/mol. The number of hydrogen-bond donors (Lipinski definition) is 1. The lowest BCUT2D eigenvalue weighted by molar-refractivity contribution is -0.137. The van der Waals surface area contributed by atoms with Gasteiger partial charge in [-0.3, -0.25) is 9.20 Å². The number of amides is 1. The van der Waals surface area contributed by atoms with Gasteiger partial charge in [0.15, 0.2) is 10.8 Å². The summed E-state index contributed by atoms with van der Waals surface area (Å²) in [6, 6.07) is 6.66. The van der Waals surface area contributed by atoms with Crippen molar-refractivity contribution in [3.05, 3.63) is 52.2 Å². The number of carbonyl (C=O) groups excluding carboxylic acids is 1. The van der Waals surface area contributed by atoms with Crippen LogP contribution in [0.2, 0.25) is 5.02 Å². The van der Waals surface area contributed by atoms with Gasteiger partial charge in [0.05, 0.1) is 16.3 Å². The average Bonchev–Trinajstić information content (AvgIpc) is 3.09. The lowest BCUT2D eigenvalue weighted by Crippen LogP contribution is -2.17. The number of nitrogens with zero attached hydrogens (tertiary/aromatic N) is 3. The molecule has 0 saturated heterocycles. The Morgan fingerprint density at radius 1 is 1.21 bits per heavy atom. The summed E-state index contributed by atoms with van der Waals surface area (Å²) in [7, 11) is 0. The Balaban J connectivity index is 1.79. The average molecular weight is 443 g/mol. The molecular formula is C19H18ClF3N4OS. The van der Waals surface area contributed by atoms with E-state index in [4.69, 9.17) is 11.6 Å². The van der Waals surface area contributed by atoms with Crippen LogP contribution in [0, 0.1) is 0 Å². The van der Waals surface area contributed by atoms with Gasteiger partial charge in [-0.05, 0) is 30.0 Å². The molecule has 0 radical (unpaired) electrons. The van der Waals surface area contributed by atoms with E-state index in [0.717, 1.165) is 58.1 Å². The third-order valence-corrected chi connectivity index (χ3v) is 5.57. The van der Waals surface area contributed by atoms with Crippen molar-refractivity contribution in [2.45, 2.75) is 38.0 Å². The van der Waals surface area contributed by atoms with Crippen LogP contribution in [0.15, 0.2) is 35.6 Å². The van der Waals surface area contributed by atoms with E-state index < -0.39 is 11.7 Å². The van der Waals surface area contributed by atoms with Crippen LogP contribution in [-0.4, -0.2) is 26.3 Å². The fraction of sp³-hybridized carbons (Fsp3) is 0.316. The van der Waals surface area contributed by atoms with Gasteiger partial charge in [0.25, 0.3) is 0 Å². The monoisotopic (exact) mass is 442 g/mol. The molecule has 2 heterocycles. The van der Waals surface area contributed by atoms with Crippen LogP contribution in [-0.2, 0) is 23.8 Å². The van der Waals surface area contributed by atoms with Crippen LogP contribution in [0.25, 0.3) is 5.65 Å². The van der Waals surface area contributed by atoms with Crippen molar-refractivity contribution in [3.63, 3.8) is 0 Å². The molecule has 1 N–H and O–H groups in total. The first-order valence-electron chi connectivity index (χ1n) is 8.89. The van der Waals surface area contributed by atoms with Crippen molar-refractivity contribution in [2.24, 2.45) is 0 Å². The zero-order chi connectivity index (χ0) is 21.2. The van der Waals surface area contributed by atoms with Gasteiger partial charge in [0, 0.05) is 11.9 Å². The van der Waals surface area contributed by atoms with Gasteiger partial charge in [-0.15, -0.1) is 10.2 Å². The Morgan fingerprint density at radius 3 is 2.45 bits per heavy atom. The van der Waals surface area contributed by atoms with Crippen LogP contribution < -0.4 is 5.32 Å². The Bertz CT molecular complexity index is 1030. The molecule has 0 aliphatic carbocycles. The molecule has 154 valence electrons. The molecule has 10 heteroatoms. The molecular weight excluding hydrogens is 425 g/mol. The van der Waals surface area contributed by atoms with Crippen molar-refractivity contribution in [2.75, 3.05) is 11.1 Å². The number of benzene rings is 1. The number of aromatic nitrogens is 3. The third-order valence-electron chi connectivity index (χ3n) is 4.35. The molecule has 2 aromatic heterocycles. The number of fused-ring (bicyclic) bond motifs is 1. The predicted octanol–water partition coefficient (Wildman–Crippen LogP) is 5.26. The summed E-state index contributed by atoms with van der Waals surface area (Å²) in [6.07, 6.45) is -2.14. The minimum absolute atomic E-state index is 0.0319. The molecule has 0 aliphatic rings. The van der Waals surface area contributed by atoms with E-state index in [0.29, 0.717) is 0 Å². The summed E-state index contributed by atoms with van der Waals surface area (Å²) >= 11 is 6.90. The molecule has 1 amide bonds. The Labute approximate surface area is 174 Å². The molecule has 5 nitrogen and oxygen atoms in total. The van der Waals surface area contributed by atoms with Crippen LogP contribution in [0.5, 0.6) is 0 Å². The molecule has 29 heavy (non-hydrogen) atoms. The van der Waals surface area contributed by atoms with Crippen molar-refractivity contribution in [1.82, 2.24) is 14.6 Å². The van der Waals surface area contributed by atoms with E-state index in [1.54, 1.807) is 0 Å². The maximum atomic E-state index is 13.0. The molecule has 3 aromatic rings. The molecule has 0 bridgehead atoms. The molecule has 0 aliphatic heterocycles. The second-order valence-corrected chi connectivity index (χ2v) is 7.60. The van der Waals surface area contributed by atoms with Gasteiger partial charge in [0.2, 0.25) is 5.91 Å². The number of nitrogens with one attached hydrogen (secondary N) is 1. The fourth-order valence-electron chi connectivity index (χ4n) is 2.90. The standard InChI is InChI=1S/C19H18ClF3N4OS/c1-3-11-6-5-7-12(4-2)16(11)24-15(28)10-29-18-26-25-17-14(20)8-13(9-27(17)18)19(21,22)23/h5-9H,3-4,10H2,1-2H3,(H,24,28). The highest BCUT2D eigenvalue weighted by Gasteiger charge is 2.32. The van der Waals surface area contributed by atoms with Gasteiger partial charge in [-0.1, -0.05) is 55.4 Å². The summed E-state index contributed by atoms with van der Waals surface area (Å²) in [5, 5.41) is 10.6. The number of pyridine rings is 1. The number of para-hydroxylation sites is 1. The summed E-state index contributed by atoms with van der Waals surface area (Å²) < 4.78 is 40.3. The first kappa shape index (κ1) is 21.4. The highest BCUT2D eigenvalue weighted by atomic mass is 35.5.